The van der Waals surface area contributed by atoms with E-state index in [1.807, 2.05) is 13.0 Å². The third kappa shape index (κ3) is 1.36. The van der Waals surface area contributed by atoms with Crippen molar-refractivity contribution in [1.29, 1.82) is 0 Å². The van der Waals surface area contributed by atoms with Gasteiger partial charge in [0.25, 0.3) is 0 Å². The highest BCUT2D eigenvalue weighted by atomic mass is 15.3. The molecular formula is C10H14N4. The lowest BCUT2D eigenvalue weighted by Gasteiger charge is -2.13. The quantitative estimate of drug-likeness (QED) is 0.635. The molecule has 0 unspecified atom stereocenters. The fourth-order valence-electron chi connectivity index (χ4n) is 1.29. The van der Waals surface area contributed by atoms with Crippen LogP contribution in [0.4, 0.5) is 0 Å². The Bertz CT molecular complexity index is 464. The molecule has 2 rings (SSSR count). The van der Waals surface area contributed by atoms with E-state index in [2.05, 4.69) is 35.8 Å². The first kappa shape index (κ1) is 9.12. The van der Waals surface area contributed by atoms with Gasteiger partial charge >= 0.3 is 0 Å². The molecule has 0 amide bonds. The average Bonchev–Trinajstić information content (AvgIpc) is 2.48. The molecule has 4 nitrogen and oxygen atoms in total. The molecule has 2 heterocycles. The smallest absolute Gasteiger partial charge is 0.159 e. The molecule has 0 saturated heterocycles. The fraction of sp³-hybridized carbons (Fsp3) is 0.500. The maximum atomic E-state index is 4.48. The number of rotatable bonds is 0. The summed E-state index contributed by atoms with van der Waals surface area (Å²) in [4.78, 5) is 8.26. The largest absolute Gasteiger partial charge is 0.222 e. The van der Waals surface area contributed by atoms with Crippen molar-refractivity contribution >= 4 is 5.65 Å². The van der Waals surface area contributed by atoms with E-state index in [1.165, 1.54) is 0 Å². The van der Waals surface area contributed by atoms with Gasteiger partial charge in [0, 0.05) is 11.5 Å². The van der Waals surface area contributed by atoms with Gasteiger partial charge < -0.3 is 0 Å². The van der Waals surface area contributed by atoms with Crippen LogP contribution in [0.15, 0.2) is 12.4 Å². The number of aromatic nitrogens is 4. The predicted molar refractivity (Wildman–Crippen MR) is 54.2 cm³/mol. The van der Waals surface area contributed by atoms with Crippen LogP contribution < -0.4 is 0 Å². The third-order valence-corrected chi connectivity index (χ3v) is 2.20. The SMILES string of the molecule is Cc1ncnc2cc(C(C)(C)C)nn12. The number of aryl methyl sites for hydroxylation is 1. The molecule has 0 atom stereocenters. The van der Waals surface area contributed by atoms with E-state index in [4.69, 9.17) is 0 Å². The van der Waals surface area contributed by atoms with Gasteiger partial charge in [-0.3, -0.25) is 0 Å². The van der Waals surface area contributed by atoms with E-state index < -0.39 is 0 Å². The molecule has 14 heavy (non-hydrogen) atoms. The van der Waals surface area contributed by atoms with Gasteiger partial charge in [-0.2, -0.15) is 5.10 Å². The summed E-state index contributed by atoms with van der Waals surface area (Å²) in [5, 5.41) is 4.48. The van der Waals surface area contributed by atoms with E-state index in [-0.39, 0.29) is 5.41 Å². The minimum Gasteiger partial charge on any atom is -0.222 e. The van der Waals surface area contributed by atoms with Crippen LogP contribution in [0.1, 0.15) is 32.3 Å². The van der Waals surface area contributed by atoms with Crippen molar-refractivity contribution in [2.75, 3.05) is 0 Å². The van der Waals surface area contributed by atoms with Gasteiger partial charge in [-0.15, -0.1) is 0 Å². The molecule has 2 aromatic rings. The van der Waals surface area contributed by atoms with E-state index in [1.54, 1.807) is 10.8 Å². The summed E-state index contributed by atoms with van der Waals surface area (Å²) in [5.41, 5.74) is 1.96. The lowest BCUT2D eigenvalue weighted by Crippen LogP contribution is -2.12. The van der Waals surface area contributed by atoms with Crippen molar-refractivity contribution in [3.63, 3.8) is 0 Å². The molecule has 0 fully saturated rings. The Morgan fingerprint density at radius 1 is 1.21 bits per heavy atom. The standard InChI is InChI=1S/C10H14N4/c1-7-11-6-12-9-5-8(10(2,3)4)13-14(7)9/h5-6H,1-4H3. The molecule has 0 spiro atoms. The number of hydrogen-bond acceptors (Lipinski definition) is 3. The van der Waals surface area contributed by atoms with Crippen LogP contribution in [0.3, 0.4) is 0 Å². The van der Waals surface area contributed by atoms with Crippen LogP contribution in [-0.4, -0.2) is 19.6 Å². The Morgan fingerprint density at radius 3 is 2.50 bits per heavy atom. The molecule has 0 aliphatic heterocycles. The van der Waals surface area contributed by atoms with Crippen molar-refractivity contribution in [3.05, 3.63) is 23.9 Å². The summed E-state index contributed by atoms with van der Waals surface area (Å²) in [6, 6.07) is 2.01. The number of fused-ring (bicyclic) bond motifs is 1. The maximum absolute atomic E-state index is 4.48. The van der Waals surface area contributed by atoms with Gasteiger partial charge in [-0.25, -0.2) is 14.5 Å². The van der Waals surface area contributed by atoms with Crippen LogP contribution in [0.2, 0.25) is 0 Å². The molecule has 0 aromatic carbocycles. The van der Waals surface area contributed by atoms with Gasteiger partial charge in [0.1, 0.15) is 12.2 Å². The van der Waals surface area contributed by atoms with Gasteiger partial charge in [-0.1, -0.05) is 20.8 Å². The third-order valence-electron chi connectivity index (χ3n) is 2.20. The summed E-state index contributed by atoms with van der Waals surface area (Å²) >= 11 is 0. The highest BCUT2D eigenvalue weighted by molar-refractivity contribution is 5.40. The van der Waals surface area contributed by atoms with E-state index >= 15 is 0 Å². The van der Waals surface area contributed by atoms with E-state index in [0.29, 0.717) is 0 Å². The first-order valence-corrected chi connectivity index (χ1v) is 4.66. The van der Waals surface area contributed by atoms with Crippen molar-refractivity contribution in [1.82, 2.24) is 19.6 Å². The summed E-state index contributed by atoms with van der Waals surface area (Å²) in [5.74, 6) is 0.866. The molecule has 4 heteroatoms. The zero-order valence-corrected chi connectivity index (χ0v) is 8.94. The molecule has 0 aliphatic rings. The zero-order chi connectivity index (χ0) is 10.3. The average molecular weight is 190 g/mol. The minimum atomic E-state index is 0.0557. The highest BCUT2D eigenvalue weighted by Crippen LogP contribution is 2.21. The van der Waals surface area contributed by atoms with Gasteiger partial charge in [0.2, 0.25) is 0 Å². The Hall–Kier alpha value is -1.45. The Morgan fingerprint density at radius 2 is 1.93 bits per heavy atom. The second kappa shape index (κ2) is 2.77. The van der Waals surface area contributed by atoms with Gasteiger partial charge in [-0.05, 0) is 6.92 Å². The zero-order valence-electron chi connectivity index (χ0n) is 8.94. The van der Waals surface area contributed by atoms with E-state index in [0.717, 1.165) is 17.2 Å². The summed E-state index contributed by atoms with van der Waals surface area (Å²) in [7, 11) is 0. The molecule has 0 N–H and O–H groups in total. The Labute approximate surface area is 83.0 Å². The van der Waals surface area contributed by atoms with Crippen molar-refractivity contribution in [2.45, 2.75) is 33.1 Å². The van der Waals surface area contributed by atoms with Crippen LogP contribution in [-0.2, 0) is 5.41 Å². The fourth-order valence-corrected chi connectivity index (χ4v) is 1.29. The highest BCUT2D eigenvalue weighted by Gasteiger charge is 2.18. The normalized spacial score (nSPS) is 12.3. The number of nitrogens with zero attached hydrogens (tertiary/aromatic N) is 4. The topological polar surface area (TPSA) is 43.1 Å². The second-order valence-electron chi connectivity index (χ2n) is 4.47. The Kier molecular flexibility index (Phi) is 1.80. The van der Waals surface area contributed by atoms with Gasteiger partial charge in [0.15, 0.2) is 5.65 Å². The van der Waals surface area contributed by atoms with Crippen molar-refractivity contribution < 1.29 is 0 Å². The van der Waals surface area contributed by atoms with Crippen LogP contribution >= 0.6 is 0 Å². The molecule has 0 saturated carbocycles. The second-order valence-corrected chi connectivity index (χ2v) is 4.47. The summed E-state index contributed by atoms with van der Waals surface area (Å²) in [6.07, 6.45) is 1.57. The van der Waals surface area contributed by atoms with Crippen LogP contribution in [0, 0.1) is 6.92 Å². The van der Waals surface area contributed by atoms with Crippen molar-refractivity contribution in [2.24, 2.45) is 0 Å². The minimum absolute atomic E-state index is 0.0557. The first-order chi connectivity index (χ1) is 6.48. The Balaban J connectivity index is 2.69. The molecule has 0 radical (unpaired) electrons. The van der Waals surface area contributed by atoms with E-state index in [9.17, 15) is 0 Å². The monoisotopic (exact) mass is 190 g/mol. The molecule has 2 aromatic heterocycles. The summed E-state index contributed by atoms with van der Waals surface area (Å²) in [6.45, 7) is 8.33. The van der Waals surface area contributed by atoms with Crippen molar-refractivity contribution in [3.8, 4) is 0 Å². The molecular weight excluding hydrogens is 176 g/mol. The lowest BCUT2D eigenvalue weighted by atomic mass is 9.93. The van der Waals surface area contributed by atoms with Crippen LogP contribution in [0.25, 0.3) is 5.65 Å². The molecule has 74 valence electrons. The first-order valence-electron chi connectivity index (χ1n) is 4.66. The number of hydrogen-bond donors (Lipinski definition) is 0. The maximum Gasteiger partial charge on any atom is 0.159 e. The van der Waals surface area contributed by atoms with Gasteiger partial charge in [0.05, 0.1) is 5.69 Å². The molecule has 0 aliphatic carbocycles. The molecule has 0 bridgehead atoms. The summed E-state index contributed by atoms with van der Waals surface area (Å²) < 4.78 is 1.78. The predicted octanol–water partition coefficient (Wildman–Crippen LogP) is 1.73. The lowest BCUT2D eigenvalue weighted by molar-refractivity contribution is 0.560. The van der Waals surface area contributed by atoms with Crippen LogP contribution in [0.5, 0.6) is 0 Å².